The maximum Gasteiger partial charge on any atom is 0.363 e. The molecule has 0 unspecified atom stereocenters. The van der Waals surface area contributed by atoms with Crippen molar-refractivity contribution in [2.45, 2.75) is 11.8 Å². The molecule has 0 aliphatic heterocycles. The summed E-state index contributed by atoms with van der Waals surface area (Å²) in [4.78, 5) is 16.9. The average Bonchev–Trinajstić information content (AvgIpc) is 2.43. The maximum atomic E-state index is 12.1. The van der Waals surface area contributed by atoms with Gasteiger partial charge in [-0.15, -0.1) is 0 Å². The van der Waals surface area contributed by atoms with Crippen LogP contribution in [0.15, 0.2) is 35.5 Å². The fourth-order valence-corrected chi connectivity index (χ4v) is 2.55. The number of rotatable bonds is 4. The van der Waals surface area contributed by atoms with Crippen LogP contribution in [0.4, 0.5) is 11.5 Å². The standard InChI is InChI=1S/C11H9ClN4O4S/c1-7-4-8(5-14-11(7)12)15-21(19,20)9-2-3-10(13-6-9)16(17)18/h2-6,15H,1H3. The van der Waals surface area contributed by atoms with Crippen molar-refractivity contribution in [2.24, 2.45) is 0 Å². The first-order valence-electron chi connectivity index (χ1n) is 5.55. The van der Waals surface area contributed by atoms with Gasteiger partial charge in [-0.3, -0.25) is 4.72 Å². The number of sulfonamides is 1. The molecule has 0 saturated carbocycles. The Morgan fingerprint density at radius 2 is 2.00 bits per heavy atom. The monoisotopic (exact) mass is 328 g/mol. The molecule has 0 aliphatic carbocycles. The topological polar surface area (TPSA) is 115 Å². The summed E-state index contributed by atoms with van der Waals surface area (Å²) >= 11 is 5.75. The molecule has 0 aromatic carbocycles. The normalized spacial score (nSPS) is 11.1. The summed E-state index contributed by atoms with van der Waals surface area (Å²) in [6, 6.07) is 3.63. The second kappa shape index (κ2) is 5.62. The van der Waals surface area contributed by atoms with Crippen molar-refractivity contribution >= 4 is 33.1 Å². The molecule has 1 N–H and O–H groups in total. The van der Waals surface area contributed by atoms with Gasteiger partial charge in [-0.1, -0.05) is 11.6 Å². The summed E-state index contributed by atoms with van der Waals surface area (Å²) in [5, 5.41) is 10.8. The van der Waals surface area contributed by atoms with Crippen LogP contribution in [0.2, 0.25) is 5.15 Å². The molecule has 0 radical (unpaired) electrons. The highest BCUT2D eigenvalue weighted by Gasteiger charge is 2.18. The highest BCUT2D eigenvalue weighted by atomic mass is 35.5. The Hall–Kier alpha value is -2.26. The zero-order valence-corrected chi connectivity index (χ0v) is 12.2. The largest absolute Gasteiger partial charge is 0.363 e. The van der Waals surface area contributed by atoms with Crippen molar-refractivity contribution in [2.75, 3.05) is 4.72 Å². The summed E-state index contributed by atoms with van der Waals surface area (Å²) in [5.41, 5.74) is 0.842. The Kier molecular flexibility index (Phi) is 4.05. The molecule has 10 heteroatoms. The van der Waals surface area contributed by atoms with E-state index < -0.39 is 20.8 Å². The molecule has 2 aromatic rings. The van der Waals surface area contributed by atoms with E-state index in [9.17, 15) is 18.5 Å². The van der Waals surface area contributed by atoms with Gasteiger partial charge in [0, 0.05) is 6.07 Å². The number of hydrogen-bond donors (Lipinski definition) is 1. The lowest BCUT2D eigenvalue weighted by Gasteiger charge is -2.07. The van der Waals surface area contributed by atoms with Crippen molar-refractivity contribution < 1.29 is 13.3 Å². The number of nitro groups is 1. The molecule has 110 valence electrons. The molecule has 2 rings (SSSR count). The highest BCUT2D eigenvalue weighted by Crippen LogP contribution is 2.20. The first-order chi connectivity index (χ1) is 9.79. The van der Waals surface area contributed by atoms with E-state index in [2.05, 4.69) is 14.7 Å². The molecular formula is C11H9ClN4O4S. The van der Waals surface area contributed by atoms with E-state index in [1.165, 1.54) is 12.3 Å². The van der Waals surface area contributed by atoms with E-state index in [1.54, 1.807) is 6.92 Å². The highest BCUT2D eigenvalue weighted by molar-refractivity contribution is 7.92. The van der Waals surface area contributed by atoms with Gasteiger partial charge in [0.25, 0.3) is 10.0 Å². The zero-order valence-electron chi connectivity index (χ0n) is 10.6. The smallest absolute Gasteiger partial charge is 0.358 e. The Bertz CT molecular complexity index is 792. The van der Waals surface area contributed by atoms with E-state index >= 15 is 0 Å². The fourth-order valence-electron chi connectivity index (χ4n) is 1.47. The van der Waals surface area contributed by atoms with Crippen LogP contribution < -0.4 is 4.72 Å². The van der Waals surface area contributed by atoms with E-state index in [1.807, 2.05) is 0 Å². The molecule has 2 heterocycles. The van der Waals surface area contributed by atoms with Crippen LogP contribution in [0, 0.1) is 17.0 Å². The molecule has 0 amide bonds. The molecule has 0 spiro atoms. The van der Waals surface area contributed by atoms with Crippen molar-refractivity contribution in [1.29, 1.82) is 0 Å². The Balaban J connectivity index is 2.29. The van der Waals surface area contributed by atoms with Gasteiger partial charge in [-0.05, 0) is 34.5 Å². The molecule has 0 fully saturated rings. The van der Waals surface area contributed by atoms with Crippen molar-refractivity contribution in [3.05, 3.63) is 51.4 Å². The lowest BCUT2D eigenvalue weighted by molar-refractivity contribution is -0.389. The SMILES string of the molecule is Cc1cc(NS(=O)(=O)c2ccc([N+](=O)[O-])nc2)cnc1Cl. The van der Waals surface area contributed by atoms with E-state index in [4.69, 9.17) is 11.6 Å². The first kappa shape index (κ1) is 15.1. The summed E-state index contributed by atoms with van der Waals surface area (Å²) < 4.78 is 26.5. The van der Waals surface area contributed by atoms with Crippen molar-refractivity contribution in [3.63, 3.8) is 0 Å². The average molecular weight is 329 g/mol. The predicted molar refractivity (Wildman–Crippen MR) is 75.7 cm³/mol. The summed E-state index contributed by atoms with van der Waals surface area (Å²) in [5.74, 6) is -0.432. The van der Waals surface area contributed by atoms with E-state index in [-0.39, 0.29) is 15.7 Å². The van der Waals surface area contributed by atoms with Gasteiger partial charge in [0.2, 0.25) is 0 Å². The predicted octanol–water partition coefficient (Wildman–Crippen LogP) is 2.15. The summed E-state index contributed by atoms with van der Waals surface area (Å²) in [6.07, 6.45) is 2.18. The maximum absolute atomic E-state index is 12.1. The zero-order chi connectivity index (χ0) is 15.6. The third kappa shape index (κ3) is 3.44. The third-order valence-electron chi connectivity index (χ3n) is 2.48. The Morgan fingerprint density at radius 3 is 2.52 bits per heavy atom. The van der Waals surface area contributed by atoms with Gasteiger partial charge in [-0.25, -0.2) is 13.4 Å². The number of aromatic nitrogens is 2. The van der Waals surface area contributed by atoms with Gasteiger partial charge < -0.3 is 10.1 Å². The Labute approximate surface area is 125 Å². The molecule has 0 saturated heterocycles. The van der Waals surface area contributed by atoms with Crippen LogP contribution in [0.25, 0.3) is 0 Å². The van der Waals surface area contributed by atoms with Crippen LogP contribution in [-0.4, -0.2) is 23.3 Å². The number of hydrogen-bond acceptors (Lipinski definition) is 6. The molecule has 8 nitrogen and oxygen atoms in total. The summed E-state index contributed by atoms with van der Waals surface area (Å²) in [7, 11) is -3.90. The molecule has 0 atom stereocenters. The molecular weight excluding hydrogens is 320 g/mol. The molecule has 21 heavy (non-hydrogen) atoms. The van der Waals surface area contributed by atoms with Crippen LogP contribution in [0.3, 0.4) is 0 Å². The molecule has 0 aliphatic rings. The van der Waals surface area contributed by atoms with Gasteiger partial charge in [0.1, 0.15) is 10.0 Å². The number of aryl methyl sites for hydroxylation is 1. The minimum atomic E-state index is -3.90. The first-order valence-corrected chi connectivity index (χ1v) is 7.41. The third-order valence-corrected chi connectivity index (χ3v) is 4.25. The minimum Gasteiger partial charge on any atom is -0.358 e. The Morgan fingerprint density at radius 1 is 1.29 bits per heavy atom. The van der Waals surface area contributed by atoms with Crippen LogP contribution >= 0.6 is 11.6 Å². The van der Waals surface area contributed by atoms with Gasteiger partial charge in [0.15, 0.2) is 6.20 Å². The van der Waals surface area contributed by atoms with Crippen LogP contribution in [0.5, 0.6) is 0 Å². The van der Waals surface area contributed by atoms with E-state index in [0.717, 1.165) is 18.3 Å². The van der Waals surface area contributed by atoms with Crippen molar-refractivity contribution in [1.82, 2.24) is 9.97 Å². The lowest BCUT2D eigenvalue weighted by Crippen LogP contribution is -2.13. The summed E-state index contributed by atoms with van der Waals surface area (Å²) in [6.45, 7) is 1.68. The number of nitrogens with zero attached hydrogens (tertiary/aromatic N) is 3. The second-order valence-corrected chi connectivity index (χ2v) is 6.09. The van der Waals surface area contributed by atoms with E-state index in [0.29, 0.717) is 5.56 Å². The number of pyridine rings is 2. The van der Waals surface area contributed by atoms with Gasteiger partial charge >= 0.3 is 5.82 Å². The minimum absolute atomic E-state index is 0.194. The quantitative estimate of drug-likeness (QED) is 0.522. The van der Waals surface area contributed by atoms with Crippen molar-refractivity contribution in [3.8, 4) is 0 Å². The van der Waals surface area contributed by atoms with Gasteiger partial charge in [-0.2, -0.15) is 0 Å². The number of anilines is 1. The lowest BCUT2D eigenvalue weighted by atomic mass is 10.3. The fraction of sp³-hybridized carbons (Fsp3) is 0.0909. The number of halogens is 1. The number of nitrogens with one attached hydrogen (secondary N) is 1. The van der Waals surface area contributed by atoms with Gasteiger partial charge in [0.05, 0.1) is 11.9 Å². The van der Waals surface area contributed by atoms with Crippen LogP contribution in [-0.2, 0) is 10.0 Å². The van der Waals surface area contributed by atoms with Crippen LogP contribution in [0.1, 0.15) is 5.56 Å². The molecule has 0 bridgehead atoms. The molecule has 2 aromatic heterocycles. The second-order valence-electron chi connectivity index (χ2n) is 4.05.